The van der Waals surface area contributed by atoms with E-state index in [1.54, 1.807) is 55.6 Å². The lowest BCUT2D eigenvalue weighted by Gasteiger charge is -2.31. The van der Waals surface area contributed by atoms with E-state index in [0.717, 1.165) is 0 Å². The zero-order valence-electron chi connectivity index (χ0n) is 15.1. The maximum atomic E-state index is 11.7. The van der Waals surface area contributed by atoms with E-state index in [9.17, 15) is 9.90 Å². The second kappa shape index (κ2) is 7.52. The number of para-hydroxylation sites is 2. The van der Waals surface area contributed by atoms with Gasteiger partial charge in [-0.2, -0.15) is 0 Å². The molecule has 2 unspecified atom stereocenters. The molecule has 1 heterocycles. The minimum absolute atomic E-state index is 0.420. The highest BCUT2D eigenvalue weighted by molar-refractivity contribution is 5.75. The van der Waals surface area contributed by atoms with Gasteiger partial charge in [0.2, 0.25) is 6.10 Å². The molecule has 4 rings (SSSR count). The number of carboxylic acid groups (broad SMARTS) is 1. The Morgan fingerprint density at radius 3 is 2.21 bits per heavy atom. The molecule has 1 aliphatic heterocycles. The maximum Gasteiger partial charge on any atom is 0.349 e. The zero-order valence-corrected chi connectivity index (χ0v) is 15.1. The highest BCUT2D eigenvalue weighted by Crippen LogP contribution is 2.39. The SMILES string of the molecule is COc1cccc(Oc2ccc(C3Oc4ccccc4OC3C(=O)O)cc2)c1. The average molecular weight is 378 g/mol. The summed E-state index contributed by atoms with van der Waals surface area (Å²) < 4.78 is 22.6. The number of carboxylic acids is 1. The number of methoxy groups -OCH3 is 1. The van der Waals surface area contributed by atoms with Crippen LogP contribution in [-0.2, 0) is 4.79 Å². The van der Waals surface area contributed by atoms with Gasteiger partial charge in [0.25, 0.3) is 0 Å². The Hall–Kier alpha value is -3.67. The Morgan fingerprint density at radius 1 is 0.857 bits per heavy atom. The Kier molecular flexibility index (Phi) is 4.76. The van der Waals surface area contributed by atoms with Crippen molar-refractivity contribution in [3.05, 3.63) is 78.4 Å². The molecule has 0 aliphatic carbocycles. The first-order valence-electron chi connectivity index (χ1n) is 8.71. The average Bonchev–Trinajstić information content (AvgIpc) is 2.73. The van der Waals surface area contributed by atoms with E-state index in [2.05, 4.69) is 0 Å². The van der Waals surface area contributed by atoms with E-state index in [1.165, 1.54) is 0 Å². The lowest BCUT2D eigenvalue weighted by molar-refractivity contribution is -0.151. The summed E-state index contributed by atoms with van der Waals surface area (Å²) in [5, 5.41) is 9.55. The van der Waals surface area contributed by atoms with Crippen molar-refractivity contribution in [2.75, 3.05) is 7.11 Å². The molecule has 0 radical (unpaired) electrons. The fourth-order valence-corrected chi connectivity index (χ4v) is 2.99. The van der Waals surface area contributed by atoms with Gasteiger partial charge in [0.05, 0.1) is 7.11 Å². The molecule has 3 aromatic rings. The van der Waals surface area contributed by atoms with Gasteiger partial charge in [-0.25, -0.2) is 4.79 Å². The number of rotatable bonds is 5. The fourth-order valence-electron chi connectivity index (χ4n) is 2.99. The van der Waals surface area contributed by atoms with Gasteiger partial charge in [-0.15, -0.1) is 0 Å². The van der Waals surface area contributed by atoms with Gasteiger partial charge < -0.3 is 24.1 Å². The van der Waals surface area contributed by atoms with Crippen LogP contribution >= 0.6 is 0 Å². The molecular weight excluding hydrogens is 360 g/mol. The second-order valence-corrected chi connectivity index (χ2v) is 6.21. The Bertz CT molecular complexity index is 982. The summed E-state index contributed by atoms with van der Waals surface area (Å²) in [4.78, 5) is 11.7. The third-order valence-corrected chi connectivity index (χ3v) is 4.36. The van der Waals surface area contributed by atoms with E-state index in [1.807, 2.05) is 24.3 Å². The number of fused-ring (bicyclic) bond motifs is 1. The first kappa shape index (κ1) is 17.7. The molecule has 0 saturated carbocycles. The van der Waals surface area contributed by atoms with Gasteiger partial charge in [-0.05, 0) is 42.0 Å². The van der Waals surface area contributed by atoms with Crippen LogP contribution in [0.25, 0.3) is 0 Å². The van der Waals surface area contributed by atoms with Crippen molar-refractivity contribution in [1.29, 1.82) is 0 Å². The first-order chi connectivity index (χ1) is 13.6. The number of ether oxygens (including phenoxy) is 4. The molecule has 142 valence electrons. The monoisotopic (exact) mass is 378 g/mol. The summed E-state index contributed by atoms with van der Waals surface area (Å²) in [6, 6.07) is 21.4. The van der Waals surface area contributed by atoms with E-state index in [0.29, 0.717) is 34.3 Å². The molecule has 0 bridgehead atoms. The molecule has 6 heteroatoms. The lowest BCUT2D eigenvalue weighted by Crippen LogP contribution is -2.39. The summed E-state index contributed by atoms with van der Waals surface area (Å²) in [5.41, 5.74) is 0.680. The molecule has 1 N–H and O–H groups in total. The Morgan fingerprint density at radius 2 is 1.54 bits per heavy atom. The van der Waals surface area contributed by atoms with Crippen LogP contribution in [0.5, 0.6) is 28.7 Å². The van der Waals surface area contributed by atoms with Gasteiger partial charge in [0.15, 0.2) is 17.6 Å². The van der Waals surface area contributed by atoms with E-state index in [-0.39, 0.29) is 0 Å². The third-order valence-electron chi connectivity index (χ3n) is 4.36. The molecule has 0 amide bonds. The van der Waals surface area contributed by atoms with Crippen molar-refractivity contribution in [2.24, 2.45) is 0 Å². The molecule has 1 aliphatic rings. The van der Waals surface area contributed by atoms with Crippen molar-refractivity contribution in [2.45, 2.75) is 12.2 Å². The Balaban J connectivity index is 1.56. The van der Waals surface area contributed by atoms with E-state index in [4.69, 9.17) is 18.9 Å². The maximum absolute atomic E-state index is 11.7. The van der Waals surface area contributed by atoms with Crippen LogP contribution in [0.3, 0.4) is 0 Å². The predicted octanol–water partition coefficient (Wildman–Crippen LogP) is 4.45. The highest BCUT2D eigenvalue weighted by atomic mass is 16.6. The third kappa shape index (κ3) is 3.57. The highest BCUT2D eigenvalue weighted by Gasteiger charge is 2.38. The molecular formula is C22H18O6. The first-order valence-corrected chi connectivity index (χ1v) is 8.71. The zero-order chi connectivity index (χ0) is 19.5. The topological polar surface area (TPSA) is 74.2 Å². The van der Waals surface area contributed by atoms with Crippen molar-refractivity contribution < 1.29 is 28.8 Å². The quantitative estimate of drug-likeness (QED) is 0.707. The van der Waals surface area contributed by atoms with Crippen LogP contribution in [0.4, 0.5) is 0 Å². The van der Waals surface area contributed by atoms with Crippen LogP contribution in [-0.4, -0.2) is 24.3 Å². The van der Waals surface area contributed by atoms with Gasteiger partial charge in [-0.3, -0.25) is 0 Å². The van der Waals surface area contributed by atoms with E-state index >= 15 is 0 Å². The number of hydrogen-bond acceptors (Lipinski definition) is 5. The van der Waals surface area contributed by atoms with Gasteiger partial charge >= 0.3 is 5.97 Å². The van der Waals surface area contributed by atoms with Crippen LogP contribution < -0.4 is 18.9 Å². The standard InChI is InChI=1S/C22H18O6/c1-25-16-5-4-6-17(13-16)26-15-11-9-14(10-12-15)20-21(22(23)24)28-19-8-3-2-7-18(19)27-20/h2-13,20-21H,1H3,(H,23,24). The van der Waals surface area contributed by atoms with E-state index < -0.39 is 18.2 Å². The van der Waals surface area contributed by atoms with Crippen LogP contribution in [0, 0.1) is 0 Å². The minimum atomic E-state index is -1.14. The van der Waals surface area contributed by atoms with Crippen molar-refractivity contribution in [3.63, 3.8) is 0 Å². The molecule has 0 aromatic heterocycles. The molecule has 0 spiro atoms. The van der Waals surface area contributed by atoms with Crippen molar-refractivity contribution >= 4 is 5.97 Å². The summed E-state index contributed by atoms with van der Waals surface area (Å²) in [6.45, 7) is 0. The van der Waals surface area contributed by atoms with Crippen molar-refractivity contribution in [1.82, 2.24) is 0 Å². The largest absolute Gasteiger partial charge is 0.497 e. The minimum Gasteiger partial charge on any atom is -0.497 e. The number of benzene rings is 3. The number of hydrogen-bond donors (Lipinski definition) is 1. The molecule has 3 aromatic carbocycles. The molecule has 28 heavy (non-hydrogen) atoms. The summed E-state index contributed by atoms with van der Waals surface area (Å²) in [6.07, 6.45) is -1.90. The van der Waals surface area contributed by atoms with Crippen LogP contribution in [0.2, 0.25) is 0 Å². The van der Waals surface area contributed by atoms with Crippen molar-refractivity contribution in [3.8, 4) is 28.7 Å². The molecule has 0 saturated heterocycles. The predicted molar refractivity (Wildman–Crippen MR) is 101 cm³/mol. The summed E-state index contributed by atoms with van der Waals surface area (Å²) in [5.74, 6) is 1.80. The molecule has 6 nitrogen and oxygen atoms in total. The molecule has 2 atom stereocenters. The fraction of sp³-hybridized carbons (Fsp3) is 0.136. The smallest absolute Gasteiger partial charge is 0.349 e. The number of carbonyl (C=O) groups is 1. The summed E-state index contributed by atoms with van der Waals surface area (Å²) in [7, 11) is 1.59. The lowest BCUT2D eigenvalue weighted by atomic mass is 10.0. The van der Waals surface area contributed by atoms with Gasteiger partial charge in [-0.1, -0.05) is 30.3 Å². The second-order valence-electron chi connectivity index (χ2n) is 6.21. The normalized spacial score (nSPS) is 17.6. The molecule has 0 fully saturated rings. The van der Waals surface area contributed by atoms with Gasteiger partial charge in [0.1, 0.15) is 17.2 Å². The number of aliphatic carboxylic acids is 1. The Labute approximate surface area is 161 Å². The van der Waals surface area contributed by atoms with Crippen LogP contribution in [0.1, 0.15) is 11.7 Å². The summed E-state index contributed by atoms with van der Waals surface area (Å²) >= 11 is 0. The van der Waals surface area contributed by atoms with Gasteiger partial charge in [0, 0.05) is 6.07 Å². The van der Waals surface area contributed by atoms with Crippen LogP contribution in [0.15, 0.2) is 72.8 Å².